The van der Waals surface area contributed by atoms with Gasteiger partial charge in [-0.15, -0.1) is 0 Å². The monoisotopic (exact) mass is 368 g/mol. The molecule has 6 nitrogen and oxygen atoms in total. The summed E-state index contributed by atoms with van der Waals surface area (Å²) in [6.07, 6.45) is 3.02. The third-order valence-corrected chi connectivity index (χ3v) is 3.34. The number of rotatable bonds is 7. The second-order valence-corrected chi connectivity index (χ2v) is 5.43. The lowest BCUT2D eigenvalue weighted by Crippen LogP contribution is -2.29. The molecule has 0 saturated carbocycles. The summed E-state index contributed by atoms with van der Waals surface area (Å²) in [4.78, 5) is 27.1. The maximum absolute atomic E-state index is 11.7. The minimum Gasteiger partial charge on any atom is -0.480 e. The number of ether oxygens (including phenoxy) is 2. The van der Waals surface area contributed by atoms with Gasteiger partial charge in [0.05, 0.1) is 17.1 Å². The van der Waals surface area contributed by atoms with Crippen LogP contribution in [0, 0.1) is 0 Å². The van der Waals surface area contributed by atoms with E-state index in [1.165, 1.54) is 12.3 Å². The summed E-state index contributed by atoms with van der Waals surface area (Å²) in [6, 6.07) is 7.97. The van der Waals surface area contributed by atoms with Gasteiger partial charge in [0, 0.05) is 17.4 Å². The molecule has 1 aromatic heterocycles. The van der Waals surface area contributed by atoms with Crippen molar-refractivity contribution in [1.82, 2.24) is 10.3 Å². The van der Waals surface area contributed by atoms with E-state index >= 15 is 0 Å². The van der Waals surface area contributed by atoms with Gasteiger partial charge in [0.25, 0.3) is 5.91 Å². The zero-order chi connectivity index (χ0) is 17.4. The average molecular weight is 369 g/mol. The van der Waals surface area contributed by atoms with Crippen molar-refractivity contribution in [3.05, 3.63) is 58.3 Å². The van der Waals surface area contributed by atoms with E-state index in [9.17, 15) is 9.59 Å². The SMILES string of the molecule is O=C(COc1ccc(Cl)cc1Cl)OCCNC(=O)c1cccnc1. The molecule has 0 fully saturated rings. The van der Waals surface area contributed by atoms with Crippen molar-refractivity contribution in [2.45, 2.75) is 0 Å². The molecular weight excluding hydrogens is 355 g/mol. The first-order valence-electron chi connectivity index (χ1n) is 6.98. The molecule has 0 spiro atoms. The first kappa shape index (κ1) is 18.0. The van der Waals surface area contributed by atoms with Gasteiger partial charge in [0.2, 0.25) is 0 Å². The Labute approximate surface area is 148 Å². The van der Waals surface area contributed by atoms with Crippen LogP contribution >= 0.6 is 23.2 Å². The van der Waals surface area contributed by atoms with Gasteiger partial charge in [0.1, 0.15) is 12.4 Å². The zero-order valence-electron chi connectivity index (χ0n) is 12.5. The van der Waals surface area contributed by atoms with Gasteiger partial charge >= 0.3 is 5.97 Å². The molecule has 1 aromatic carbocycles. The summed E-state index contributed by atoms with van der Waals surface area (Å²) in [5, 5.41) is 3.39. The van der Waals surface area contributed by atoms with Crippen molar-refractivity contribution in [1.29, 1.82) is 0 Å². The molecule has 0 unspecified atom stereocenters. The van der Waals surface area contributed by atoms with Gasteiger partial charge in [-0.2, -0.15) is 0 Å². The molecular formula is C16H14Cl2N2O4. The highest BCUT2D eigenvalue weighted by Crippen LogP contribution is 2.27. The Balaban J connectivity index is 1.65. The Morgan fingerprint density at radius 2 is 2.04 bits per heavy atom. The lowest BCUT2D eigenvalue weighted by Gasteiger charge is -2.09. The molecule has 0 aliphatic carbocycles. The summed E-state index contributed by atoms with van der Waals surface area (Å²) < 4.78 is 10.2. The van der Waals surface area contributed by atoms with Crippen molar-refractivity contribution in [2.24, 2.45) is 0 Å². The fraction of sp³-hybridized carbons (Fsp3) is 0.188. The zero-order valence-corrected chi connectivity index (χ0v) is 14.0. The number of carbonyl (C=O) groups is 2. The number of nitrogens with zero attached hydrogens (tertiary/aromatic N) is 1. The maximum atomic E-state index is 11.7. The van der Waals surface area contributed by atoms with Crippen LogP contribution in [0.1, 0.15) is 10.4 Å². The Morgan fingerprint density at radius 1 is 1.21 bits per heavy atom. The van der Waals surface area contributed by atoms with Crippen LogP contribution in [0.4, 0.5) is 0 Å². The highest BCUT2D eigenvalue weighted by molar-refractivity contribution is 6.35. The summed E-state index contributed by atoms with van der Waals surface area (Å²) in [5.74, 6) is -0.525. The molecule has 0 aliphatic heterocycles. The molecule has 2 aromatic rings. The number of pyridine rings is 1. The van der Waals surface area contributed by atoms with Crippen molar-refractivity contribution in [2.75, 3.05) is 19.8 Å². The predicted molar refractivity (Wildman–Crippen MR) is 89.5 cm³/mol. The van der Waals surface area contributed by atoms with E-state index in [4.69, 9.17) is 32.7 Å². The molecule has 1 heterocycles. The van der Waals surface area contributed by atoms with Crippen LogP contribution in [0.3, 0.4) is 0 Å². The molecule has 0 bridgehead atoms. The quantitative estimate of drug-likeness (QED) is 0.600. The van der Waals surface area contributed by atoms with E-state index in [0.29, 0.717) is 21.4 Å². The predicted octanol–water partition coefficient (Wildman–Crippen LogP) is 2.74. The van der Waals surface area contributed by atoms with Crippen LogP contribution in [-0.4, -0.2) is 36.6 Å². The summed E-state index contributed by atoms with van der Waals surface area (Å²) in [6.45, 7) is -0.0817. The van der Waals surface area contributed by atoms with E-state index in [-0.39, 0.29) is 25.7 Å². The number of hydrogen-bond donors (Lipinski definition) is 1. The molecule has 24 heavy (non-hydrogen) atoms. The van der Waals surface area contributed by atoms with Gasteiger partial charge in [0.15, 0.2) is 6.61 Å². The number of aromatic nitrogens is 1. The fourth-order valence-corrected chi connectivity index (χ4v) is 2.16. The smallest absolute Gasteiger partial charge is 0.344 e. The molecule has 8 heteroatoms. The largest absolute Gasteiger partial charge is 0.480 e. The van der Waals surface area contributed by atoms with E-state index in [0.717, 1.165) is 0 Å². The Morgan fingerprint density at radius 3 is 2.75 bits per heavy atom. The second-order valence-electron chi connectivity index (χ2n) is 4.58. The summed E-state index contributed by atoms with van der Waals surface area (Å²) >= 11 is 11.7. The number of hydrogen-bond acceptors (Lipinski definition) is 5. The Kier molecular flexibility index (Phi) is 6.84. The van der Waals surface area contributed by atoms with Gasteiger partial charge in [-0.05, 0) is 30.3 Å². The van der Waals surface area contributed by atoms with Gasteiger partial charge in [-0.25, -0.2) is 4.79 Å². The lowest BCUT2D eigenvalue weighted by atomic mass is 10.3. The molecule has 0 radical (unpaired) electrons. The van der Waals surface area contributed by atoms with E-state index < -0.39 is 5.97 Å². The van der Waals surface area contributed by atoms with Crippen LogP contribution in [-0.2, 0) is 9.53 Å². The third-order valence-electron chi connectivity index (χ3n) is 2.81. The number of esters is 1. The molecule has 1 N–H and O–H groups in total. The standard InChI is InChI=1S/C16H14Cl2N2O4/c17-12-3-4-14(13(18)8-12)24-10-15(21)23-7-6-20-16(22)11-2-1-5-19-9-11/h1-5,8-9H,6-7,10H2,(H,20,22). The molecule has 1 amide bonds. The number of amides is 1. The van der Waals surface area contributed by atoms with Crippen LogP contribution in [0.2, 0.25) is 10.0 Å². The van der Waals surface area contributed by atoms with Crippen molar-refractivity contribution < 1.29 is 19.1 Å². The number of nitrogens with one attached hydrogen (secondary N) is 1. The molecule has 0 aliphatic rings. The van der Waals surface area contributed by atoms with Gasteiger partial charge in [-0.1, -0.05) is 23.2 Å². The first-order chi connectivity index (χ1) is 11.6. The van der Waals surface area contributed by atoms with E-state index in [2.05, 4.69) is 10.3 Å². The molecule has 0 atom stereocenters. The van der Waals surface area contributed by atoms with Crippen molar-refractivity contribution in [3.63, 3.8) is 0 Å². The number of halogens is 2. The highest BCUT2D eigenvalue weighted by atomic mass is 35.5. The second kappa shape index (κ2) is 9.10. The van der Waals surface area contributed by atoms with Crippen LogP contribution in [0.15, 0.2) is 42.7 Å². The topological polar surface area (TPSA) is 77.5 Å². The van der Waals surface area contributed by atoms with E-state index in [1.807, 2.05) is 0 Å². The number of carbonyl (C=O) groups excluding carboxylic acids is 2. The normalized spacial score (nSPS) is 10.1. The molecule has 0 saturated heterocycles. The fourth-order valence-electron chi connectivity index (χ4n) is 1.70. The maximum Gasteiger partial charge on any atom is 0.344 e. The highest BCUT2D eigenvalue weighted by Gasteiger charge is 2.08. The third kappa shape index (κ3) is 5.72. The van der Waals surface area contributed by atoms with Gasteiger partial charge in [-0.3, -0.25) is 9.78 Å². The minimum atomic E-state index is -0.573. The average Bonchev–Trinajstić information content (AvgIpc) is 2.58. The summed E-state index contributed by atoms with van der Waals surface area (Å²) in [5.41, 5.74) is 0.435. The summed E-state index contributed by atoms with van der Waals surface area (Å²) in [7, 11) is 0. The van der Waals surface area contributed by atoms with Crippen LogP contribution in [0.5, 0.6) is 5.75 Å². The van der Waals surface area contributed by atoms with Crippen molar-refractivity contribution in [3.8, 4) is 5.75 Å². The minimum absolute atomic E-state index is 0.0303. The van der Waals surface area contributed by atoms with E-state index in [1.54, 1.807) is 30.5 Å². The Bertz CT molecular complexity index is 710. The molecule has 126 valence electrons. The van der Waals surface area contributed by atoms with Crippen molar-refractivity contribution >= 4 is 35.1 Å². The first-order valence-corrected chi connectivity index (χ1v) is 7.73. The molecule has 2 rings (SSSR count). The van der Waals surface area contributed by atoms with Crippen LogP contribution < -0.4 is 10.1 Å². The number of benzene rings is 1. The Hall–Kier alpha value is -2.31. The lowest BCUT2D eigenvalue weighted by molar-refractivity contribution is -0.145. The van der Waals surface area contributed by atoms with Crippen LogP contribution in [0.25, 0.3) is 0 Å². The van der Waals surface area contributed by atoms with Gasteiger partial charge < -0.3 is 14.8 Å².